The van der Waals surface area contributed by atoms with Crippen LogP contribution in [0.1, 0.15) is 10.5 Å². The summed E-state index contributed by atoms with van der Waals surface area (Å²) in [5.41, 5.74) is 0.754. The van der Waals surface area contributed by atoms with Crippen molar-refractivity contribution in [3.8, 4) is 5.69 Å². The van der Waals surface area contributed by atoms with Crippen molar-refractivity contribution in [2.75, 3.05) is 44.2 Å². The van der Waals surface area contributed by atoms with Gasteiger partial charge in [0.15, 0.2) is 5.69 Å². The molecule has 1 aliphatic rings. The Morgan fingerprint density at radius 2 is 1.87 bits per heavy atom. The predicted octanol–water partition coefficient (Wildman–Crippen LogP) is 1.12. The molecule has 1 amide bonds. The van der Waals surface area contributed by atoms with E-state index in [-0.39, 0.29) is 17.3 Å². The average Bonchev–Trinajstić information content (AvgIpc) is 3.31. The Morgan fingerprint density at radius 1 is 1.10 bits per heavy atom. The molecule has 1 fully saturated rings. The van der Waals surface area contributed by atoms with Crippen LogP contribution >= 0.6 is 0 Å². The van der Waals surface area contributed by atoms with E-state index in [2.05, 4.69) is 30.2 Å². The molecule has 2 aromatic heterocycles. The molecule has 0 radical (unpaired) electrons. The number of hydrogen-bond donors (Lipinski definition) is 1. The number of aromatic nitrogens is 4. The van der Waals surface area contributed by atoms with Crippen molar-refractivity contribution in [3.05, 3.63) is 70.8 Å². The average molecular weight is 422 g/mol. The second-order valence-corrected chi connectivity index (χ2v) is 7.06. The minimum Gasteiger partial charge on any atom is -0.349 e. The van der Waals surface area contributed by atoms with Gasteiger partial charge in [-0.05, 0) is 18.2 Å². The standard InChI is InChI=1S/C20H22N8O3/c29-19(18-5-9-27(24-18)16-3-1-4-17(15-16)28(30)31)21-8-10-25-11-13-26(14-12-25)20-22-6-2-7-23-20/h1-7,9,15H,8,10-14H2,(H,21,29). The molecule has 1 N–H and O–H groups in total. The van der Waals surface area contributed by atoms with E-state index in [1.165, 1.54) is 16.8 Å². The van der Waals surface area contributed by atoms with Crippen LogP contribution in [0.4, 0.5) is 11.6 Å². The molecule has 1 aliphatic heterocycles. The number of nitro benzene ring substituents is 1. The van der Waals surface area contributed by atoms with E-state index in [1.807, 2.05) is 0 Å². The lowest BCUT2D eigenvalue weighted by molar-refractivity contribution is -0.384. The number of benzene rings is 1. The fraction of sp³-hybridized carbons (Fsp3) is 0.300. The Kier molecular flexibility index (Phi) is 6.13. The Balaban J connectivity index is 1.25. The molecule has 0 aliphatic carbocycles. The first-order valence-corrected chi connectivity index (χ1v) is 9.93. The number of rotatable bonds is 7. The van der Waals surface area contributed by atoms with Crippen molar-refractivity contribution in [2.45, 2.75) is 0 Å². The number of hydrogen-bond acceptors (Lipinski definition) is 8. The van der Waals surface area contributed by atoms with Gasteiger partial charge in [0.25, 0.3) is 11.6 Å². The first-order chi connectivity index (χ1) is 15.1. The first-order valence-electron chi connectivity index (χ1n) is 9.93. The van der Waals surface area contributed by atoms with Crippen LogP contribution < -0.4 is 10.2 Å². The van der Waals surface area contributed by atoms with Crippen LogP contribution in [0.3, 0.4) is 0 Å². The molecule has 3 aromatic rings. The summed E-state index contributed by atoms with van der Waals surface area (Å²) in [7, 11) is 0. The van der Waals surface area contributed by atoms with Gasteiger partial charge >= 0.3 is 0 Å². The number of nitrogens with one attached hydrogen (secondary N) is 1. The summed E-state index contributed by atoms with van der Waals surface area (Å²) in [6.45, 7) is 4.66. The van der Waals surface area contributed by atoms with E-state index in [0.29, 0.717) is 12.2 Å². The van der Waals surface area contributed by atoms with E-state index in [0.717, 1.165) is 38.7 Å². The number of carbonyl (C=O) groups excluding carboxylic acids is 1. The normalized spacial score (nSPS) is 14.4. The minimum atomic E-state index is -0.465. The summed E-state index contributed by atoms with van der Waals surface area (Å²) in [5, 5.41) is 18.1. The van der Waals surface area contributed by atoms with Crippen molar-refractivity contribution in [1.82, 2.24) is 30.0 Å². The number of anilines is 1. The van der Waals surface area contributed by atoms with Crippen LogP contribution in [0.5, 0.6) is 0 Å². The molecule has 11 heteroatoms. The monoisotopic (exact) mass is 422 g/mol. The highest BCUT2D eigenvalue weighted by molar-refractivity contribution is 5.92. The molecule has 3 heterocycles. The smallest absolute Gasteiger partial charge is 0.271 e. The quantitative estimate of drug-likeness (QED) is 0.444. The Hall–Kier alpha value is -3.86. The van der Waals surface area contributed by atoms with Gasteiger partial charge in [0.1, 0.15) is 0 Å². The highest BCUT2D eigenvalue weighted by atomic mass is 16.6. The van der Waals surface area contributed by atoms with Crippen molar-refractivity contribution >= 4 is 17.5 Å². The van der Waals surface area contributed by atoms with Gasteiger partial charge in [0, 0.05) is 70.0 Å². The molecule has 0 atom stereocenters. The molecule has 11 nitrogen and oxygen atoms in total. The van der Waals surface area contributed by atoms with Crippen molar-refractivity contribution in [1.29, 1.82) is 0 Å². The summed E-state index contributed by atoms with van der Waals surface area (Å²) < 4.78 is 1.45. The number of carbonyl (C=O) groups is 1. The number of amides is 1. The van der Waals surface area contributed by atoms with Gasteiger partial charge < -0.3 is 10.2 Å². The van der Waals surface area contributed by atoms with Crippen molar-refractivity contribution < 1.29 is 9.72 Å². The lowest BCUT2D eigenvalue weighted by Crippen LogP contribution is -2.49. The van der Waals surface area contributed by atoms with E-state index in [1.54, 1.807) is 42.9 Å². The van der Waals surface area contributed by atoms with Gasteiger partial charge in [-0.25, -0.2) is 14.6 Å². The van der Waals surface area contributed by atoms with E-state index >= 15 is 0 Å². The third-order valence-corrected chi connectivity index (χ3v) is 5.05. The van der Waals surface area contributed by atoms with E-state index < -0.39 is 4.92 Å². The summed E-state index contributed by atoms with van der Waals surface area (Å²) in [5.74, 6) is 0.468. The number of nitrogens with zero attached hydrogens (tertiary/aromatic N) is 7. The summed E-state index contributed by atoms with van der Waals surface area (Å²) in [6.07, 6.45) is 5.09. The highest BCUT2D eigenvalue weighted by Gasteiger charge is 2.19. The lowest BCUT2D eigenvalue weighted by Gasteiger charge is -2.34. The zero-order chi connectivity index (χ0) is 21.6. The number of non-ortho nitro benzene ring substituents is 1. The Labute approximate surface area is 178 Å². The third-order valence-electron chi connectivity index (χ3n) is 5.05. The molecule has 0 bridgehead atoms. The second kappa shape index (κ2) is 9.30. The zero-order valence-corrected chi connectivity index (χ0v) is 16.8. The second-order valence-electron chi connectivity index (χ2n) is 7.06. The molecule has 4 rings (SSSR count). The Bertz CT molecular complexity index is 1050. The largest absolute Gasteiger partial charge is 0.349 e. The molecule has 0 unspecified atom stereocenters. The Morgan fingerprint density at radius 3 is 2.61 bits per heavy atom. The molecule has 31 heavy (non-hydrogen) atoms. The fourth-order valence-corrected chi connectivity index (χ4v) is 3.38. The molecular weight excluding hydrogens is 400 g/mol. The summed E-state index contributed by atoms with van der Waals surface area (Å²) in [4.78, 5) is 35.9. The van der Waals surface area contributed by atoms with Crippen LogP contribution in [0, 0.1) is 10.1 Å². The SMILES string of the molecule is O=C(NCCN1CCN(c2ncccn2)CC1)c1ccn(-c2cccc([N+](=O)[O-])c2)n1. The molecule has 0 saturated carbocycles. The van der Waals surface area contributed by atoms with Crippen molar-refractivity contribution in [3.63, 3.8) is 0 Å². The summed E-state index contributed by atoms with van der Waals surface area (Å²) >= 11 is 0. The van der Waals surface area contributed by atoms with Gasteiger partial charge in [0.2, 0.25) is 5.95 Å². The molecule has 0 spiro atoms. The molecule has 160 valence electrons. The maximum absolute atomic E-state index is 12.4. The van der Waals surface area contributed by atoms with Crippen LogP contribution in [-0.4, -0.2) is 74.7 Å². The van der Waals surface area contributed by atoms with Crippen LogP contribution in [0.2, 0.25) is 0 Å². The summed E-state index contributed by atoms with van der Waals surface area (Å²) in [6, 6.07) is 9.49. The van der Waals surface area contributed by atoms with Crippen LogP contribution in [0.15, 0.2) is 55.0 Å². The first kappa shape index (κ1) is 20.4. The maximum Gasteiger partial charge on any atom is 0.271 e. The van der Waals surface area contributed by atoms with Gasteiger partial charge in [-0.1, -0.05) is 6.07 Å². The number of piperazine rings is 1. The van der Waals surface area contributed by atoms with Gasteiger partial charge in [-0.3, -0.25) is 19.8 Å². The van der Waals surface area contributed by atoms with Gasteiger partial charge in [0.05, 0.1) is 10.6 Å². The molecule has 1 aromatic carbocycles. The van der Waals surface area contributed by atoms with E-state index in [9.17, 15) is 14.9 Å². The highest BCUT2D eigenvalue weighted by Crippen LogP contribution is 2.16. The third kappa shape index (κ3) is 5.01. The number of nitro groups is 1. The van der Waals surface area contributed by atoms with Crippen LogP contribution in [-0.2, 0) is 0 Å². The minimum absolute atomic E-state index is 0.0297. The zero-order valence-electron chi connectivity index (χ0n) is 16.8. The fourth-order valence-electron chi connectivity index (χ4n) is 3.38. The van der Waals surface area contributed by atoms with Crippen LogP contribution in [0.25, 0.3) is 5.69 Å². The van der Waals surface area contributed by atoms with Gasteiger partial charge in [-0.15, -0.1) is 0 Å². The van der Waals surface area contributed by atoms with E-state index in [4.69, 9.17) is 0 Å². The lowest BCUT2D eigenvalue weighted by atomic mass is 10.3. The predicted molar refractivity (Wildman–Crippen MR) is 113 cm³/mol. The maximum atomic E-state index is 12.4. The molecular formula is C20H22N8O3. The topological polar surface area (TPSA) is 122 Å². The van der Waals surface area contributed by atoms with Gasteiger partial charge in [-0.2, -0.15) is 5.10 Å². The van der Waals surface area contributed by atoms with Crippen molar-refractivity contribution in [2.24, 2.45) is 0 Å². The molecule has 1 saturated heterocycles.